The lowest BCUT2D eigenvalue weighted by Crippen LogP contribution is -2.31. The van der Waals surface area contributed by atoms with Gasteiger partial charge in [-0.05, 0) is 18.6 Å². The number of hydrogen-bond acceptors (Lipinski definition) is 4. The Labute approximate surface area is 78.0 Å². The summed E-state index contributed by atoms with van der Waals surface area (Å²) in [5.41, 5.74) is 2.64. The maximum absolute atomic E-state index is 5.36. The molecule has 1 atom stereocenters. The van der Waals surface area contributed by atoms with Crippen LogP contribution in [0.4, 0.5) is 0 Å². The molecule has 4 heteroatoms. The normalized spacial score (nSPS) is 13.1. The topological polar surface area (TPSA) is 60.4 Å². The highest BCUT2D eigenvalue weighted by Crippen LogP contribution is 2.12. The van der Waals surface area contributed by atoms with Crippen molar-refractivity contribution in [3.05, 3.63) is 24.2 Å². The van der Waals surface area contributed by atoms with Gasteiger partial charge >= 0.3 is 0 Å². The third kappa shape index (κ3) is 3.18. The van der Waals surface area contributed by atoms with Gasteiger partial charge in [0.25, 0.3) is 0 Å². The second-order valence-corrected chi connectivity index (χ2v) is 2.81. The summed E-state index contributed by atoms with van der Waals surface area (Å²) in [6, 6.07) is 3.65. The van der Waals surface area contributed by atoms with Crippen LogP contribution in [0.3, 0.4) is 0 Å². The fraction of sp³-hybridized carbons (Fsp3) is 0.556. The smallest absolute Gasteiger partial charge is 0.124 e. The van der Waals surface area contributed by atoms with E-state index < -0.39 is 0 Å². The minimum atomic E-state index is -0.0541. The van der Waals surface area contributed by atoms with Crippen LogP contribution in [0, 0.1) is 0 Å². The van der Waals surface area contributed by atoms with Crippen molar-refractivity contribution < 1.29 is 9.15 Å². The highest BCUT2D eigenvalue weighted by Gasteiger charge is 2.11. The van der Waals surface area contributed by atoms with Crippen LogP contribution < -0.4 is 11.3 Å². The van der Waals surface area contributed by atoms with Crippen molar-refractivity contribution in [2.24, 2.45) is 5.84 Å². The zero-order valence-corrected chi connectivity index (χ0v) is 7.82. The van der Waals surface area contributed by atoms with Gasteiger partial charge in [-0.25, -0.2) is 5.43 Å². The quantitative estimate of drug-likeness (QED) is 0.396. The van der Waals surface area contributed by atoms with Crippen LogP contribution in [0.1, 0.15) is 25.1 Å². The molecular formula is C9H16N2O2. The lowest BCUT2D eigenvalue weighted by Gasteiger charge is -2.12. The maximum Gasteiger partial charge on any atom is 0.124 e. The summed E-state index contributed by atoms with van der Waals surface area (Å²) >= 11 is 0. The first-order chi connectivity index (χ1) is 6.38. The van der Waals surface area contributed by atoms with E-state index in [-0.39, 0.29) is 6.04 Å². The Bertz CT molecular complexity index is 211. The molecule has 0 aromatic carbocycles. The summed E-state index contributed by atoms with van der Waals surface area (Å²) in [4.78, 5) is 0. The zero-order chi connectivity index (χ0) is 9.52. The van der Waals surface area contributed by atoms with Crippen molar-refractivity contribution >= 4 is 0 Å². The van der Waals surface area contributed by atoms with Gasteiger partial charge in [0.2, 0.25) is 0 Å². The average molecular weight is 184 g/mol. The highest BCUT2D eigenvalue weighted by molar-refractivity contribution is 5.03. The molecule has 0 saturated heterocycles. The van der Waals surface area contributed by atoms with E-state index in [1.54, 1.807) is 6.26 Å². The van der Waals surface area contributed by atoms with Crippen molar-refractivity contribution in [1.82, 2.24) is 5.43 Å². The molecule has 4 nitrogen and oxygen atoms in total. The monoisotopic (exact) mass is 184 g/mol. The van der Waals surface area contributed by atoms with Crippen molar-refractivity contribution in [2.45, 2.75) is 19.4 Å². The molecule has 1 rings (SSSR count). The van der Waals surface area contributed by atoms with Crippen LogP contribution in [0.2, 0.25) is 0 Å². The van der Waals surface area contributed by atoms with Crippen LogP contribution in [-0.2, 0) is 4.74 Å². The van der Waals surface area contributed by atoms with Gasteiger partial charge in [-0.3, -0.25) is 5.84 Å². The summed E-state index contributed by atoms with van der Waals surface area (Å²) in [7, 11) is 0. The largest absolute Gasteiger partial charge is 0.468 e. The predicted molar refractivity (Wildman–Crippen MR) is 49.9 cm³/mol. The number of hydrogen-bond donors (Lipinski definition) is 2. The minimum Gasteiger partial charge on any atom is -0.468 e. The summed E-state index contributed by atoms with van der Waals surface area (Å²) in [6.07, 6.45) is 2.63. The van der Waals surface area contributed by atoms with Crippen LogP contribution in [0.5, 0.6) is 0 Å². The lowest BCUT2D eigenvalue weighted by molar-refractivity contribution is 0.106. The molecule has 0 fully saturated rings. The molecule has 0 aliphatic rings. The van der Waals surface area contributed by atoms with E-state index in [2.05, 4.69) is 12.3 Å². The molecule has 0 bridgehead atoms. The lowest BCUT2D eigenvalue weighted by atomic mass is 10.2. The zero-order valence-electron chi connectivity index (χ0n) is 7.82. The molecule has 1 aromatic heterocycles. The molecule has 1 unspecified atom stereocenters. The molecule has 0 amide bonds. The van der Waals surface area contributed by atoms with Gasteiger partial charge in [0.1, 0.15) is 11.8 Å². The second-order valence-electron chi connectivity index (χ2n) is 2.81. The predicted octanol–water partition coefficient (Wildman–Crippen LogP) is 1.21. The molecule has 13 heavy (non-hydrogen) atoms. The fourth-order valence-electron chi connectivity index (χ4n) is 1.05. The first-order valence-corrected chi connectivity index (χ1v) is 4.45. The van der Waals surface area contributed by atoms with Gasteiger partial charge in [-0.2, -0.15) is 0 Å². The van der Waals surface area contributed by atoms with Crippen molar-refractivity contribution in [3.63, 3.8) is 0 Å². The first-order valence-electron chi connectivity index (χ1n) is 4.45. The summed E-state index contributed by atoms with van der Waals surface area (Å²) in [5.74, 6) is 6.16. The van der Waals surface area contributed by atoms with Gasteiger partial charge in [0, 0.05) is 6.61 Å². The van der Waals surface area contributed by atoms with Crippen LogP contribution in [0.25, 0.3) is 0 Å². The Morgan fingerprint density at radius 1 is 1.69 bits per heavy atom. The standard InChI is InChI=1S/C9H16N2O2/c1-2-5-12-7-8(11-10)9-4-3-6-13-9/h3-4,6,8,11H,2,5,7,10H2,1H3. The highest BCUT2D eigenvalue weighted by atomic mass is 16.5. The Morgan fingerprint density at radius 2 is 2.54 bits per heavy atom. The third-order valence-electron chi connectivity index (χ3n) is 1.72. The number of nitrogens with two attached hydrogens (primary N) is 1. The molecule has 74 valence electrons. The van der Waals surface area contributed by atoms with Gasteiger partial charge in [-0.15, -0.1) is 0 Å². The Balaban J connectivity index is 2.35. The van der Waals surface area contributed by atoms with Crippen LogP contribution in [-0.4, -0.2) is 13.2 Å². The summed E-state index contributed by atoms with van der Waals surface area (Å²) < 4.78 is 10.6. The third-order valence-corrected chi connectivity index (χ3v) is 1.72. The molecular weight excluding hydrogens is 168 g/mol. The van der Waals surface area contributed by atoms with E-state index in [1.165, 1.54) is 0 Å². The summed E-state index contributed by atoms with van der Waals surface area (Å²) in [5, 5.41) is 0. The molecule has 0 saturated carbocycles. The molecule has 0 aliphatic carbocycles. The van der Waals surface area contributed by atoms with E-state index in [4.69, 9.17) is 15.0 Å². The maximum atomic E-state index is 5.36. The number of ether oxygens (including phenoxy) is 1. The molecule has 1 heterocycles. The van der Waals surface area contributed by atoms with Crippen molar-refractivity contribution in [3.8, 4) is 0 Å². The van der Waals surface area contributed by atoms with Gasteiger partial charge < -0.3 is 9.15 Å². The van der Waals surface area contributed by atoms with Crippen LogP contribution in [0.15, 0.2) is 22.8 Å². The molecule has 0 radical (unpaired) electrons. The fourth-order valence-corrected chi connectivity index (χ4v) is 1.05. The Kier molecular flexibility index (Phi) is 4.53. The van der Waals surface area contributed by atoms with E-state index in [0.29, 0.717) is 6.61 Å². The van der Waals surface area contributed by atoms with Gasteiger partial charge in [0.05, 0.1) is 12.9 Å². The first kappa shape index (κ1) is 10.2. The van der Waals surface area contributed by atoms with E-state index in [0.717, 1.165) is 18.8 Å². The Hall–Kier alpha value is -0.840. The molecule has 3 N–H and O–H groups in total. The van der Waals surface area contributed by atoms with E-state index in [1.807, 2.05) is 12.1 Å². The number of hydrazine groups is 1. The molecule has 0 aliphatic heterocycles. The number of nitrogens with one attached hydrogen (secondary N) is 1. The minimum absolute atomic E-state index is 0.0541. The molecule has 1 aromatic rings. The SMILES string of the molecule is CCCOCC(NN)c1ccco1. The van der Waals surface area contributed by atoms with Gasteiger partial charge in [-0.1, -0.05) is 6.92 Å². The summed E-state index contributed by atoms with van der Waals surface area (Å²) in [6.45, 7) is 3.36. The molecule has 0 spiro atoms. The van der Waals surface area contributed by atoms with Crippen molar-refractivity contribution in [1.29, 1.82) is 0 Å². The van der Waals surface area contributed by atoms with E-state index >= 15 is 0 Å². The Morgan fingerprint density at radius 3 is 3.08 bits per heavy atom. The average Bonchev–Trinajstić information content (AvgIpc) is 2.65. The number of furan rings is 1. The van der Waals surface area contributed by atoms with E-state index in [9.17, 15) is 0 Å². The second kappa shape index (κ2) is 5.75. The number of rotatable bonds is 6. The van der Waals surface area contributed by atoms with Crippen molar-refractivity contribution in [2.75, 3.05) is 13.2 Å². The van der Waals surface area contributed by atoms with Crippen LogP contribution >= 0.6 is 0 Å². The van der Waals surface area contributed by atoms with Gasteiger partial charge in [0.15, 0.2) is 0 Å².